The van der Waals surface area contributed by atoms with E-state index in [2.05, 4.69) is 4.98 Å². The minimum atomic E-state index is -0.221. The summed E-state index contributed by atoms with van der Waals surface area (Å²) < 4.78 is 10.8. The molecule has 0 atom stereocenters. The highest BCUT2D eigenvalue weighted by molar-refractivity contribution is 5.89. The molecule has 0 aliphatic heterocycles. The predicted octanol–water partition coefficient (Wildman–Crippen LogP) is 3.51. The molecular formula is C17H21NO3. The molecule has 0 saturated heterocycles. The molecule has 4 heteroatoms. The number of aromatic amines is 1. The number of carbonyl (C=O) groups excluding carboxylic acids is 1. The summed E-state index contributed by atoms with van der Waals surface area (Å²) >= 11 is 0. The lowest BCUT2D eigenvalue weighted by atomic mass is 10.1. The topological polar surface area (TPSA) is 51.3 Å². The van der Waals surface area contributed by atoms with Crippen LogP contribution in [0.3, 0.4) is 0 Å². The first-order chi connectivity index (χ1) is 10.2. The van der Waals surface area contributed by atoms with Crippen molar-refractivity contribution in [2.24, 2.45) is 0 Å². The van der Waals surface area contributed by atoms with Crippen LogP contribution in [0.2, 0.25) is 0 Å². The molecule has 1 aromatic heterocycles. The molecule has 1 N–H and O–H groups in total. The number of benzene rings is 1. The second-order valence-electron chi connectivity index (χ2n) is 5.71. The Morgan fingerprint density at radius 3 is 2.81 bits per heavy atom. The number of aromatic nitrogens is 1. The van der Waals surface area contributed by atoms with Crippen molar-refractivity contribution >= 4 is 16.9 Å². The number of esters is 1. The van der Waals surface area contributed by atoms with Gasteiger partial charge in [0.25, 0.3) is 0 Å². The average molecular weight is 287 g/mol. The summed E-state index contributed by atoms with van der Waals surface area (Å²) in [5.41, 5.74) is 3.03. The van der Waals surface area contributed by atoms with E-state index in [1.807, 2.05) is 25.1 Å². The molecule has 0 unspecified atom stereocenters. The predicted molar refractivity (Wildman–Crippen MR) is 81.6 cm³/mol. The maximum absolute atomic E-state index is 11.6. The van der Waals surface area contributed by atoms with Gasteiger partial charge in [-0.25, -0.2) is 0 Å². The molecule has 0 spiro atoms. The summed E-state index contributed by atoms with van der Waals surface area (Å²) in [4.78, 5) is 14.9. The Morgan fingerprint density at radius 1 is 1.33 bits per heavy atom. The van der Waals surface area contributed by atoms with E-state index in [4.69, 9.17) is 9.47 Å². The van der Waals surface area contributed by atoms with Gasteiger partial charge in [0.2, 0.25) is 0 Å². The molecule has 1 fully saturated rings. The zero-order valence-electron chi connectivity index (χ0n) is 12.6. The van der Waals surface area contributed by atoms with Crippen LogP contribution in [0, 0.1) is 6.92 Å². The maximum atomic E-state index is 11.6. The Labute approximate surface area is 124 Å². The lowest BCUT2D eigenvalue weighted by Crippen LogP contribution is -2.10. The number of nitrogens with one attached hydrogen (secondary N) is 1. The first-order valence-electron chi connectivity index (χ1n) is 7.52. The van der Waals surface area contributed by atoms with E-state index >= 15 is 0 Å². The zero-order valence-corrected chi connectivity index (χ0v) is 12.6. The smallest absolute Gasteiger partial charge is 0.310 e. The molecule has 1 heterocycles. The molecule has 0 bridgehead atoms. The quantitative estimate of drug-likeness (QED) is 0.875. The molecular weight excluding hydrogens is 266 g/mol. The Balaban J connectivity index is 1.90. The molecule has 1 aliphatic rings. The molecule has 0 amide bonds. The molecule has 0 radical (unpaired) electrons. The summed E-state index contributed by atoms with van der Waals surface area (Å²) in [5, 5.41) is 1.05. The first-order valence-corrected chi connectivity index (χ1v) is 7.52. The second kappa shape index (κ2) is 5.80. The van der Waals surface area contributed by atoms with E-state index in [9.17, 15) is 4.79 Å². The van der Waals surface area contributed by atoms with Crippen LogP contribution in [0.5, 0.6) is 5.75 Å². The number of fused-ring (bicyclic) bond motifs is 1. The number of rotatable bonds is 4. The third-order valence-corrected chi connectivity index (χ3v) is 4.24. The van der Waals surface area contributed by atoms with Crippen molar-refractivity contribution in [1.29, 1.82) is 0 Å². The van der Waals surface area contributed by atoms with Crippen molar-refractivity contribution in [3.63, 3.8) is 0 Å². The second-order valence-corrected chi connectivity index (χ2v) is 5.71. The first kappa shape index (κ1) is 14.0. The number of methoxy groups -OCH3 is 1. The Morgan fingerprint density at radius 2 is 2.10 bits per heavy atom. The standard InChI is InChI=1S/C17H21NO3/c1-11-14(10-17(19)20-2)15-9-13(7-8-16(15)18-11)21-12-5-3-4-6-12/h7-9,12,18H,3-6,10H2,1-2H3. The summed E-state index contributed by atoms with van der Waals surface area (Å²) in [6.07, 6.45) is 5.41. The summed E-state index contributed by atoms with van der Waals surface area (Å²) in [6.45, 7) is 1.98. The Bertz CT molecular complexity index is 653. The van der Waals surface area contributed by atoms with Crippen molar-refractivity contribution in [3.05, 3.63) is 29.5 Å². The highest BCUT2D eigenvalue weighted by Gasteiger charge is 2.18. The maximum Gasteiger partial charge on any atom is 0.310 e. The molecule has 3 rings (SSSR count). The number of hydrogen-bond donors (Lipinski definition) is 1. The largest absolute Gasteiger partial charge is 0.490 e. The van der Waals surface area contributed by atoms with Crippen molar-refractivity contribution < 1.29 is 14.3 Å². The fourth-order valence-electron chi connectivity index (χ4n) is 3.08. The van der Waals surface area contributed by atoms with E-state index in [0.717, 1.165) is 40.8 Å². The summed E-state index contributed by atoms with van der Waals surface area (Å²) in [6, 6.07) is 6.06. The summed E-state index contributed by atoms with van der Waals surface area (Å²) in [7, 11) is 1.42. The summed E-state index contributed by atoms with van der Waals surface area (Å²) in [5.74, 6) is 0.667. The van der Waals surface area contributed by atoms with Gasteiger partial charge < -0.3 is 14.5 Å². The van der Waals surface area contributed by atoms with Crippen molar-refractivity contribution in [2.45, 2.75) is 45.1 Å². The van der Waals surface area contributed by atoms with Gasteiger partial charge in [-0.1, -0.05) is 0 Å². The number of hydrogen-bond acceptors (Lipinski definition) is 3. The van der Waals surface area contributed by atoms with E-state index in [1.165, 1.54) is 20.0 Å². The van der Waals surface area contributed by atoms with Crippen molar-refractivity contribution in [1.82, 2.24) is 4.98 Å². The van der Waals surface area contributed by atoms with Gasteiger partial charge in [0.15, 0.2) is 0 Å². The van der Waals surface area contributed by atoms with Gasteiger partial charge in [-0.15, -0.1) is 0 Å². The lowest BCUT2D eigenvalue weighted by Gasteiger charge is -2.13. The van der Waals surface area contributed by atoms with E-state index < -0.39 is 0 Å². The minimum absolute atomic E-state index is 0.221. The van der Waals surface area contributed by atoms with Gasteiger partial charge in [-0.3, -0.25) is 4.79 Å². The van der Waals surface area contributed by atoms with Gasteiger partial charge in [-0.2, -0.15) is 0 Å². The molecule has 1 aliphatic carbocycles. The Kier molecular flexibility index (Phi) is 3.86. The normalized spacial score (nSPS) is 15.5. The van der Waals surface area contributed by atoms with Gasteiger partial charge in [0.1, 0.15) is 5.75 Å². The number of H-pyrrole nitrogens is 1. The van der Waals surface area contributed by atoms with Gasteiger partial charge >= 0.3 is 5.97 Å². The van der Waals surface area contributed by atoms with Gasteiger partial charge in [-0.05, 0) is 56.4 Å². The minimum Gasteiger partial charge on any atom is -0.490 e. The van der Waals surface area contributed by atoms with Gasteiger partial charge in [0.05, 0.1) is 19.6 Å². The van der Waals surface area contributed by atoms with Crippen LogP contribution in [-0.4, -0.2) is 24.2 Å². The highest BCUT2D eigenvalue weighted by Crippen LogP contribution is 2.29. The third-order valence-electron chi connectivity index (χ3n) is 4.24. The number of aryl methyl sites for hydroxylation is 1. The van der Waals surface area contributed by atoms with Crippen LogP contribution in [0.4, 0.5) is 0 Å². The Hall–Kier alpha value is -1.97. The molecule has 1 saturated carbocycles. The van der Waals surface area contributed by atoms with Crippen molar-refractivity contribution in [2.75, 3.05) is 7.11 Å². The molecule has 112 valence electrons. The van der Waals surface area contributed by atoms with Gasteiger partial charge in [0, 0.05) is 16.6 Å². The van der Waals surface area contributed by atoms with Crippen LogP contribution < -0.4 is 4.74 Å². The average Bonchev–Trinajstić information content (AvgIpc) is 3.08. The fourth-order valence-corrected chi connectivity index (χ4v) is 3.08. The number of carbonyl (C=O) groups is 1. The van der Waals surface area contributed by atoms with Crippen LogP contribution in [0.15, 0.2) is 18.2 Å². The van der Waals surface area contributed by atoms with E-state index in [1.54, 1.807) is 0 Å². The van der Waals surface area contributed by atoms with Crippen LogP contribution in [-0.2, 0) is 16.0 Å². The highest BCUT2D eigenvalue weighted by atomic mass is 16.5. The third kappa shape index (κ3) is 2.89. The molecule has 2 aromatic rings. The van der Waals surface area contributed by atoms with Crippen molar-refractivity contribution in [3.8, 4) is 5.75 Å². The number of ether oxygens (including phenoxy) is 2. The van der Waals surface area contributed by atoms with E-state index in [0.29, 0.717) is 6.10 Å². The zero-order chi connectivity index (χ0) is 14.8. The monoisotopic (exact) mass is 287 g/mol. The van der Waals surface area contributed by atoms with Crippen LogP contribution >= 0.6 is 0 Å². The molecule has 1 aromatic carbocycles. The fraction of sp³-hybridized carbons (Fsp3) is 0.471. The molecule has 21 heavy (non-hydrogen) atoms. The lowest BCUT2D eigenvalue weighted by molar-refractivity contribution is -0.139. The van der Waals surface area contributed by atoms with E-state index in [-0.39, 0.29) is 12.4 Å². The van der Waals surface area contributed by atoms with Crippen LogP contribution in [0.25, 0.3) is 10.9 Å². The molecule has 4 nitrogen and oxygen atoms in total. The van der Waals surface area contributed by atoms with Crippen LogP contribution in [0.1, 0.15) is 36.9 Å². The SMILES string of the molecule is COC(=O)Cc1c(C)[nH]c2ccc(OC3CCCC3)cc12.